The molecule has 0 bridgehead atoms. The summed E-state index contributed by atoms with van der Waals surface area (Å²) in [5.74, 6) is 6.38. The van der Waals surface area contributed by atoms with Gasteiger partial charge in [0.15, 0.2) is 0 Å². The Bertz CT molecular complexity index is 316. The number of aliphatic hydroxyl groups excluding tert-OH is 1. The molecule has 2 atom stereocenters. The van der Waals surface area contributed by atoms with Gasteiger partial charge in [-0.05, 0) is 25.0 Å². The summed E-state index contributed by atoms with van der Waals surface area (Å²) < 4.78 is 0. The standard InChI is InChI=1S/C13H16O/c1-11(12(2)14)7-6-10-13-8-4-3-5-9-13/h3-5,8-9,11-12,14H,7H2,1-2H3. The van der Waals surface area contributed by atoms with Gasteiger partial charge in [-0.1, -0.05) is 37.0 Å². The van der Waals surface area contributed by atoms with Crippen molar-refractivity contribution in [2.24, 2.45) is 5.92 Å². The lowest BCUT2D eigenvalue weighted by Crippen LogP contribution is -2.11. The Morgan fingerprint density at radius 3 is 2.43 bits per heavy atom. The number of hydrogen-bond donors (Lipinski definition) is 1. The Morgan fingerprint density at radius 1 is 1.21 bits per heavy atom. The molecule has 1 heteroatoms. The molecule has 0 spiro atoms. The first-order chi connectivity index (χ1) is 6.70. The summed E-state index contributed by atoms with van der Waals surface area (Å²) in [6, 6.07) is 9.90. The first-order valence-electron chi connectivity index (χ1n) is 4.92. The zero-order valence-electron chi connectivity index (χ0n) is 8.70. The van der Waals surface area contributed by atoms with Gasteiger partial charge >= 0.3 is 0 Å². The maximum atomic E-state index is 9.25. The van der Waals surface area contributed by atoms with Crippen LogP contribution in [-0.4, -0.2) is 11.2 Å². The van der Waals surface area contributed by atoms with E-state index in [1.54, 1.807) is 6.92 Å². The summed E-state index contributed by atoms with van der Waals surface area (Å²) in [7, 11) is 0. The van der Waals surface area contributed by atoms with E-state index in [-0.39, 0.29) is 12.0 Å². The van der Waals surface area contributed by atoms with E-state index in [4.69, 9.17) is 0 Å². The van der Waals surface area contributed by atoms with Crippen LogP contribution < -0.4 is 0 Å². The summed E-state index contributed by atoms with van der Waals surface area (Å²) in [5, 5.41) is 9.25. The minimum Gasteiger partial charge on any atom is -0.393 e. The van der Waals surface area contributed by atoms with Gasteiger partial charge < -0.3 is 5.11 Å². The lowest BCUT2D eigenvalue weighted by Gasteiger charge is -2.09. The zero-order valence-corrected chi connectivity index (χ0v) is 8.70. The molecule has 14 heavy (non-hydrogen) atoms. The van der Waals surface area contributed by atoms with Crippen LogP contribution in [0, 0.1) is 17.8 Å². The van der Waals surface area contributed by atoms with Crippen molar-refractivity contribution in [2.45, 2.75) is 26.4 Å². The second-order valence-electron chi connectivity index (χ2n) is 3.59. The van der Waals surface area contributed by atoms with Crippen LogP contribution in [-0.2, 0) is 0 Å². The highest BCUT2D eigenvalue weighted by molar-refractivity contribution is 5.33. The third kappa shape index (κ3) is 3.64. The van der Waals surface area contributed by atoms with E-state index in [9.17, 15) is 5.11 Å². The molecule has 0 aromatic heterocycles. The fourth-order valence-corrected chi connectivity index (χ4v) is 1.01. The monoisotopic (exact) mass is 188 g/mol. The zero-order chi connectivity index (χ0) is 10.4. The quantitative estimate of drug-likeness (QED) is 0.707. The van der Waals surface area contributed by atoms with Crippen molar-refractivity contribution in [1.29, 1.82) is 0 Å². The molecule has 2 unspecified atom stereocenters. The van der Waals surface area contributed by atoms with E-state index >= 15 is 0 Å². The fourth-order valence-electron chi connectivity index (χ4n) is 1.01. The van der Waals surface area contributed by atoms with E-state index in [1.807, 2.05) is 37.3 Å². The predicted molar refractivity (Wildman–Crippen MR) is 58.8 cm³/mol. The van der Waals surface area contributed by atoms with Crippen LogP contribution in [0.4, 0.5) is 0 Å². The van der Waals surface area contributed by atoms with Crippen molar-refractivity contribution in [3.63, 3.8) is 0 Å². The Hall–Kier alpha value is -1.26. The molecule has 0 saturated carbocycles. The molecule has 1 N–H and O–H groups in total. The molecular formula is C13H16O. The Morgan fingerprint density at radius 2 is 1.86 bits per heavy atom. The van der Waals surface area contributed by atoms with Crippen molar-refractivity contribution in [3.05, 3.63) is 35.9 Å². The number of rotatable bonds is 2. The maximum Gasteiger partial charge on any atom is 0.0546 e. The highest BCUT2D eigenvalue weighted by Crippen LogP contribution is 2.06. The van der Waals surface area contributed by atoms with Crippen molar-refractivity contribution in [3.8, 4) is 11.8 Å². The SMILES string of the molecule is CC(O)C(C)CC#Cc1ccccc1. The van der Waals surface area contributed by atoms with Crippen LogP contribution in [0.15, 0.2) is 30.3 Å². The fraction of sp³-hybridized carbons (Fsp3) is 0.385. The lowest BCUT2D eigenvalue weighted by molar-refractivity contribution is 0.137. The summed E-state index contributed by atoms with van der Waals surface area (Å²) in [4.78, 5) is 0. The van der Waals surface area contributed by atoms with Gasteiger partial charge in [0.25, 0.3) is 0 Å². The smallest absolute Gasteiger partial charge is 0.0546 e. The van der Waals surface area contributed by atoms with Gasteiger partial charge in [-0.3, -0.25) is 0 Å². The lowest BCUT2D eigenvalue weighted by atomic mass is 10.0. The van der Waals surface area contributed by atoms with Crippen molar-refractivity contribution in [1.82, 2.24) is 0 Å². The highest BCUT2D eigenvalue weighted by atomic mass is 16.3. The molecule has 0 radical (unpaired) electrons. The minimum atomic E-state index is -0.278. The Kier molecular flexibility index (Phi) is 4.22. The molecule has 74 valence electrons. The third-order valence-electron chi connectivity index (χ3n) is 2.25. The molecule has 0 fully saturated rings. The molecule has 0 aliphatic carbocycles. The van der Waals surface area contributed by atoms with Crippen LogP contribution in [0.25, 0.3) is 0 Å². The molecule has 0 aliphatic rings. The largest absolute Gasteiger partial charge is 0.393 e. The topological polar surface area (TPSA) is 20.2 Å². The molecule has 0 saturated heterocycles. The second-order valence-corrected chi connectivity index (χ2v) is 3.59. The maximum absolute atomic E-state index is 9.25. The second kappa shape index (κ2) is 5.47. The van der Waals surface area contributed by atoms with Crippen LogP contribution in [0.3, 0.4) is 0 Å². The highest BCUT2D eigenvalue weighted by Gasteiger charge is 2.05. The van der Waals surface area contributed by atoms with Crippen molar-refractivity contribution >= 4 is 0 Å². The van der Waals surface area contributed by atoms with Gasteiger partial charge in [0.05, 0.1) is 6.10 Å². The molecular weight excluding hydrogens is 172 g/mol. The van der Waals surface area contributed by atoms with E-state index in [1.165, 1.54) is 0 Å². The first kappa shape index (κ1) is 10.8. The van der Waals surface area contributed by atoms with Gasteiger partial charge in [-0.2, -0.15) is 0 Å². The van der Waals surface area contributed by atoms with E-state index < -0.39 is 0 Å². The summed E-state index contributed by atoms with van der Waals surface area (Å²) in [5.41, 5.74) is 1.03. The average molecular weight is 188 g/mol. The van der Waals surface area contributed by atoms with Gasteiger partial charge in [-0.25, -0.2) is 0 Å². The van der Waals surface area contributed by atoms with Gasteiger partial charge in [-0.15, -0.1) is 0 Å². The third-order valence-corrected chi connectivity index (χ3v) is 2.25. The predicted octanol–water partition coefficient (Wildman–Crippen LogP) is 2.45. The number of aliphatic hydroxyl groups is 1. The number of hydrogen-bond acceptors (Lipinski definition) is 1. The molecule has 0 heterocycles. The van der Waals surface area contributed by atoms with Crippen LogP contribution >= 0.6 is 0 Å². The van der Waals surface area contributed by atoms with Crippen LogP contribution in [0.1, 0.15) is 25.8 Å². The van der Waals surface area contributed by atoms with Gasteiger partial charge in [0, 0.05) is 12.0 Å². The van der Waals surface area contributed by atoms with Crippen molar-refractivity contribution < 1.29 is 5.11 Å². The van der Waals surface area contributed by atoms with E-state index in [0.717, 1.165) is 12.0 Å². The molecule has 0 aliphatic heterocycles. The molecule has 1 aromatic carbocycles. The van der Waals surface area contributed by atoms with Crippen LogP contribution in [0.5, 0.6) is 0 Å². The minimum absolute atomic E-state index is 0.242. The van der Waals surface area contributed by atoms with Gasteiger partial charge in [0.2, 0.25) is 0 Å². The molecule has 0 amide bonds. The number of benzene rings is 1. The molecule has 1 aromatic rings. The summed E-state index contributed by atoms with van der Waals surface area (Å²) in [6.07, 6.45) is 0.465. The summed E-state index contributed by atoms with van der Waals surface area (Å²) >= 11 is 0. The van der Waals surface area contributed by atoms with E-state index in [0.29, 0.717) is 0 Å². The Labute approximate surface area is 85.8 Å². The average Bonchev–Trinajstić information content (AvgIpc) is 2.19. The molecule has 1 rings (SSSR count). The Balaban J connectivity index is 2.49. The summed E-state index contributed by atoms with van der Waals surface area (Å²) in [6.45, 7) is 3.80. The normalized spacial score (nSPS) is 13.9. The van der Waals surface area contributed by atoms with E-state index in [2.05, 4.69) is 11.8 Å². The van der Waals surface area contributed by atoms with Gasteiger partial charge in [0.1, 0.15) is 0 Å². The first-order valence-corrected chi connectivity index (χ1v) is 4.92. The van der Waals surface area contributed by atoms with Crippen LogP contribution in [0.2, 0.25) is 0 Å². The molecule has 1 nitrogen and oxygen atoms in total. The van der Waals surface area contributed by atoms with Crippen molar-refractivity contribution in [2.75, 3.05) is 0 Å².